The molecule has 0 bridgehead atoms. The smallest absolute Gasteiger partial charge is 0.335 e. The molecule has 0 aliphatic rings. The zero-order valence-electron chi connectivity index (χ0n) is 12.4. The van der Waals surface area contributed by atoms with Gasteiger partial charge in [0, 0.05) is 25.2 Å². The van der Waals surface area contributed by atoms with Crippen molar-refractivity contribution >= 4 is 5.97 Å². The summed E-state index contributed by atoms with van der Waals surface area (Å²) in [6.45, 7) is 5.27. The van der Waals surface area contributed by atoms with Gasteiger partial charge in [-0.2, -0.15) is 0 Å². The fourth-order valence-corrected chi connectivity index (χ4v) is 1.98. The van der Waals surface area contributed by atoms with Gasteiger partial charge in [-0.25, -0.2) is 9.18 Å². The summed E-state index contributed by atoms with van der Waals surface area (Å²) in [6, 6.07) is 4.11. The highest BCUT2D eigenvalue weighted by Gasteiger charge is 2.12. The van der Waals surface area contributed by atoms with Gasteiger partial charge in [0.1, 0.15) is 5.82 Å². The van der Waals surface area contributed by atoms with Crippen LogP contribution in [0.1, 0.15) is 29.3 Å². The molecule has 4 nitrogen and oxygen atoms in total. The van der Waals surface area contributed by atoms with E-state index in [1.165, 1.54) is 6.07 Å². The van der Waals surface area contributed by atoms with E-state index in [-0.39, 0.29) is 5.56 Å². The second kappa shape index (κ2) is 7.97. The van der Waals surface area contributed by atoms with Gasteiger partial charge in [0.25, 0.3) is 0 Å². The van der Waals surface area contributed by atoms with Gasteiger partial charge in [-0.15, -0.1) is 0 Å². The van der Waals surface area contributed by atoms with E-state index in [0.717, 1.165) is 32.1 Å². The lowest BCUT2D eigenvalue weighted by Crippen LogP contribution is -2.32. The third kappa shape index (κ3) is 5.27. The fraction of sp³-hybridized carbons (Fsp3) is 0.533. The lowest BCUT2D eigenvalue weighted by Gasteiger charge is -2.23. The van der Waals surface area contributed by atoms with E-state index in [9.17, 15) is 9.18 Å². The summed E-state index contributed by atoms with van der Waals surface area (Å²) < 4.78 is 13.9. The summed E-state index contributed by atoms with van der Waals surface area (Å²) >= 11 is 0. The first-order chi connectivity index (χ1) is 9.43. The predicted octanol–water partition coefficient (Wildman–Crippen LogP) is 2.30. The summed E-state index contributed by atoms with van der Waals surface area (Å²) in [7, 11) is 4.01. The van der Waals surface area contributed by atoms with Crippen LogP contribution in [0, 0.1) is 5.82 Å². The molecule has 0 spiro atoms. The molecule has 0 atom stereocenters. The number of nitrogens with zero attached hydrogens (tertiary/aromatic N) is 2. The van der Waals surface area contributed by atoms with E-state index in [1.807, 2.05) is 14.1 Å². The number of aromatic carboxylic acids is 1. The molecule has 0 amide bonds. The van der Waals surface area contributed by atoms with Crippen LogP contribution in [0.2, 0.25) is 0 Å². The van der Waals surface area contributed by atoms with Gasteiger partial charge in [-0.05, 0) is 39.2 Å². The van der Waals surface area contributed by atoms with Gasteiger partial charge in [0.05, 0.1) is 5.56 Å². The molecule has 0 saturated heterocycles. The summed E-state index contributed by atoms with van der Waals surface area (Å²) in [6.07, 6.45) is 1.00. The first-order valence-corrected chi connectivity index (χ1v) is 6.82. The molecule has 0 radical (unpaired) electrons. The largest absolute Gasteiger partial charge is 0.478 e. The second-order valence-electron chi connectivity index (χ2n) is 5.19. The third-order valence-electron chi connectivity index (χ3n) is 3.10. The Balaban J connectivity index is 2.74. The number of carboxylic acids is 1. The van der Waals surface area contributed by atoms with Gasteiger partial charge in [0.2, 0.25) is 0 Å². The van der Waals surface area contributed by atoms with E-state index in [0.29, 0.717) is 12.1 Å². The Kier molecular flexibility index (Phi) is 6.61. The van der Waals surface area contributed by atoms with E-state index >= 15 is 0 Å². The zero-order chi connectivity index (χ0) is 15.1. The van der Waals surface area contributed by atoms with Crippen molar-refractivity contribution in [3.05, 3.63) is 35.1 Å². The summed E-state index contributed by atoms with van der Waals surface area (Å²) in [5, 5.41) is 8.83. The van der Waals surface area contributed by atoms with Crippen molar-refractivity contribution in [2.24, 2.45) is 0 Å². The van der Waals surface area contributed by atoms with Crippen LogP contribution in [-0.4, -0.2) is 54.6 Å². The number of hydrogen-bond acceptors (Lipinski definition) is 3. The number of carboxylic acid groups (broad SMARTS) is 1. The van der Waals surface area contributed by atoms with Gasteiger partial charge < -0.3 is 10.0 Å². The van der Waals surface area contributed by atoms with E-state index in [4.69, 9.17) is 5.11 Å². The monoisotopic (exact) mass is 282 g/mol. The first kappa shape index (κ1) is 16.6. The van der Waals surface area contributed by atoms with Crippen molar-refractivity contribution in [3.63, 3.8) is 0 Å². The highest BCUT2D eigenvalue weighted by Crippen LogP contribution is 2.13. The molecule has 0 saturated carbocycles. The minimum atomic E-state index is -1.10. The van der Waals surface area contributed by atoms with Crippen LogP contribution in [0.15, 0.2) is 18.2 Å². The van der Waals surface area contributed by atoms with Crippen molar-refractivity contribution in [1.29, 1.82) is 0 Å². The molecule has 5 heteroatoms. The number of likely N-dealkylation sites (N-methyl/N-ethyl adjacent to an activating group) is 1. The molecule has 0 aromatic heterocycles. The standard InChI is InChI=1S/C15H23FN2O2/c1-4-7-18(9-8-17(2)3)11-13-6-5-12(15(19)20)10-14(13)16/h5-6,10H,4,7-9,11H2,1-3H3,(H,19,20). The Morgan fingerprint density at radius 3 is 2.45 bits per heavy atom. The molecule has 1 rings (SSSR count). The Morgan fingerprint density at radius 2 is 1.95 bits per heavy atom. The van der Waals surface area contributed by atoms with Gasteiger partial charge >= 0.3 is 5.97 Å². The Bertz CT molecular complexity index is 449. The lowest BCUT2D eigenvalue weighted by molar-refractivity contribution is 0.0696. The quantitative estimate of drug-likeness (QED) is 0.794. The van der Waals surface area contributed by atoms with Gasteiger partial charge in [-0.3, -0.25) is 4.90 Å². The van der Waals surface area contributed by atoms with Crippen molar-refractivity contribution < 1.29 is 14.3 Å². The molecule has 0 fully saturated rings. The number of hydrogen-bond donors (Lipinski definition) is 1. The highest BCUT2D eigenvalue weighted by molar-refractivity contribution is 5.87. The molecule has 20 heavy (non-hydrogen) atoms. The molecular weight excluding hydrogens is 259 g/mol. The Hall–Kier alpha value is -1.46. The SMILES string of the molecule is CCCN(CCN(C)C)Cc1ccc(C(=O)O)cc1F. The number of halogens is 1. The van der Waals surface area contributed by atoms with E-state index < -0.39 is 11.8 Å². The summed E-state index contributed by atoms with van der Waals surface area (Å²) in [4.78, 5) is 15.1. The van der Waals surface area contributed by atoms with Crippen LogP contribution in [0.4, 0.5) is 4.39 Å². The molecule has 1 aromatic carbocycles. The maximum atomic E-state index is 13.9. The minimum absolute atomic E-state index is 0.0124. The molecule has 1 aromatic rings. The Morgan fingerprint density at radius 1 is 1.25 bits per heavy atom. The molecule has 112 valence electrons. The summed E-state index contributed by atoms with van der Waals surface area (Å²) in [5.74, 6) is -1.55. The average molecular weight is 282 g/mol. The van der Waals surface area contributed by atoms with Crippen LogP contribution in [-0.2, 0) is 6.54 Å². The number of carbonyl (C=O) groups is 1. The van der Waals surface area contributed by atoms with Crippen LogP contribution in [0.25, 0.3) is 0 Å². The normalized spacial score (nSPS) is 11.3. The lowest BCUT2D eigenvalue weighted by atomic mass is 10.1. The summed E-state index contributed by atoms with van der Waals surface area (Å²) in [5.41, 5.74) is 0.531. The third-order valence-corrected chi connectivity index (χ3v) is 3.10. The second-order valence-corrected chi connectivity index (χ2v) is 5.19. The van der Waals surface area contributed by atoms with Crippen molar-refractivity contribution in [2.45, 2.75) is 19.9 Å². The van der Waals surface area contributed by atoms with Crippen LogP contribution in [0.3, 0.4) is 0 Å². The Labute approximate surface area is 119 Å². The number of rotatable bonds is 8. The topological polar surface area (TPSA) is 43.8 Å². The molecule has 0 aliphatic carbocycles. The van der Waals surface area contributed by atoms with Crippen LogP contribution >= 0.6 is 0 Å². The van der Waals surface area contributed by atoms with Crippen LogP contribution in [0.5, 0.6) is 0 Å². The number of benzene rings is 1. The van der Waals surface area contributed by atoms with Crippen molar-refractivity contribution in [1.82, 2.24) is 9.80 Å². The van der Waals surface area contributed by atoms with Crippen molar-refractivity contribution in [2.75, 3.05) is 33.7 Å². The maximum Gasteiger partial charge on any atom is 0.335 e. The maximum absolute atomic E-state index is 13.9. The molecule has 0 aliphatic heterocycles. The molecule has 1 N–H and O–H groups in total. The fourth-order valence-electron chi connectivity index (χ4n) is 1.98. The van der Waals surface area contributed by atoms with E-state index in [1.54, 1.807) is 6.07 Å². The molecule has 0 heterocycles. The van der Waals surface area contributed by atoms with Crippen LogP contribution < -0.4 is 0 Å². The highest BCUT2D eigenvalue weighted by atomic mass is 19.1. The average Bonchev–Trinajstić information content (AvgIpc) is 2.38. The van der Waals surface area contributed by atoms with Gasteiger partial charge in [0.15, 0.2) is 0 Å². The minimum Gasteiger partial charge on any atom is -0.478 e. The zero-order valence-corrected chi connectivity index (χ0v) is 12.4. The predicted molar refractivity (Wildman–Crippen MR) is 77.5 cm³/mol. The molecule has 0 unspecified atom stereocenters. The van der Waals surface area contributed by atoms with Gasteiger partial charge in [-0.1, -0.05) is 13.0 Å². The molecular formula is C15H23FN2O2. The van der Waals surface area contributed by atoms with E-state index in [2.05, 4.69) is 16.7 Å². The van der Waals surface area contributed by atoms with Crippen molar-refractivity contribution in [3.8, 4) is 0 Å². The first-order valence-electron chi connectivity index (χ1n) is 6.82.